The van der Waals surface area contributed by atoms with Crippen molar-refractivity contribution in [1.29, 1.82) is 0 Å². The molecule has 162 valence electrons. The van der Waals surface area contributed by atoms with E-state index in [1.54, 1.807) is 12.1 Å². The van der Waals surface area contributed by atoms with Crippen LogP contribution in [0, 0.1) is 11.7 Å². The lowest BCUT2D eigenvalue weighted by atomic mass is 9.75. The van der Waals surface area contributed by atoms with Crippen LogP contribution in [0.1, 0.15) is 68.9 Å². The Balaban J connectivity index is 1.34. The molecule has 1 saturated carbocycles. The average Bonchev–Trinajstić information content (AvgIpc) is 2.82. The second-order valence-corrected chi connectivity index (χ2v) is 8.97. The van der Waals surface area contributed by atoms with Crippen molar-refractivity contribution in [1.82, 2.24) is 0 Å². The number of halogens is 1. The van der Waals surface area contributed by atoms with Crippen LogP contribution in [-0.2, 0) is 0 Å². The van der Waals surface area contributed by atoms with Gasteiger partial charge < -0.3 is 4.74 Å². The zero-order valence-corrected chi connectivity index (χ0v) is 18.7. The van der Waals surface area contributed by atoms with Gasteiger partial charge in [-0.1, -0.05) is 67.6 Å². The van der Waals surface area contributed by atoms with E-state index in [1.807, 2.05) is 13.0 Å². The van der Waals surface area contributed by atoms with Crippen LogP contribution in [0.3, 0.4) is 0 Å². The molecule has 0 saturated heterocycles. The Morgan fingerprint density at radius 2 is 1.55 bits per heavy atom. The predicted molar refractivity (Wildman–Crippen MR) is 127 cm³/mol. The molecule has 1 atom stereocenters. The third-order valence-electron chi connectivity index (χ3n) is 6.85. The van der Waals surface area contributed by atoms with Gasteiger partial charge in [0.2, 0.25) is 0 Å². The van der Waals surface area contributed by atoms with E-state index >= 15 is 0 Å². The van der Waals surface area contributed by atoms with E-state index in [9.17, 15) is 4.39 Å². The van der Waals surface area contributed by atoms with Crippen LogP contribution in [0.2, 0.25) is 0 Å². The second-order valence-electron chi connectivity index (χ2n) is 8.97. The molecule has 0 heterocycles. The minimum absolute atomic E-state index is 0.300. The van der Waals surface area contributed by atoms with E-state index in [0.717, 1.165) is 17.0 Å². The van der Waals surface area contributed by atoms with Gasteiger partial charge in [0.25, 0.3) is 0 Å². The van der Waals surface area contributed by atoms with Gasteiger partial charge in [-0.25, -0.2) is 4.39 Å². The second kappa shape index (κ2) is 10.1. The maximum atomic E-state index is 14.2. The van der Waals surface area contributed by atoms with Gasteiger partial charge >= 0.3 is 0 Å². The van der Waals surface area contributed by atoms with Gasteiger partial charge in [-0.05, 0) is 91.2 Å². The molecule has 1 fully saturated rings. The molecule has 1 aliphatic rings. The van der Waals surface area contributed by atoms with E-state index in [-0.39, 0.29) is 5.82 Å². The van der Waals surface area contributed by atoms with Gasteiger partial charge in [0, 0.05) is 0 Å². The Morgan fingerprint density at radius 1 is 0.871 bits per heavy atom. The Hall–Kier alpha value is -2.61. The molecule has 0 spiro atoms. The molecule has 0 radical (unpaired) electrons. The number of ether oxygens (including phenoxy) is 1. The third kappa shape index (κ3) is 5.36. The molecule has 0 amide bonds. The molecular weight excluding hydrogens is 383 g/mol. The predicted octanol–water partition coefficient (Wildman–Crippen LogP) is 8.36. The van der Waals surface area contributed by atoms with E-state index in [1.165, 1.54) is 43.2 Å². The van der Waals surface area contributed by atoms with Gasteiger partial charge in [0.05, 0.1) is 6.61 Å². The molecule has 3 aromatic carbocycles. The SMILES string of the molecule is CCOc1ccc(-c2ccc(C3CCC(CC(C)c4ccccc4)CC3)cc2)cc1F. The van der Waals surface area contributed by atoms with Crippen LogP contribution in [0.4, 0.5) is 4.39 Å². The number of benzene rings is 3. The van der Waals surface area contributed by atoms with Gasteiger partial charge in [-0.2, -0.15) is 0 Å². The van der Waals surface area contributed by atoms with Gasteiger partial charge in [-0.3, -0.25) is 0 Å². The normalized spacial score (nSPS) is 19.7. The van der Waals surface area contributed by atoms with Crippen molar-refractivity contribution < 1.29 is 9.13 Å². The molecule has 0 aliphatic heterocycles. The van der Waals surface area contributed by atoms with Gasteiger partial charge in [0.1, 0.15) is 0 Å². The highest BCUT2D eigenvalue weighted by atomic mass is 19.1. The van der Waals surface area contributed by atoms with E-state index in [2.05, 4.69) is 61.5 Å². The summed E-state index contributed by atoms with van der Waals surface area (Å²) in [7, 11) is 0. The average molecular weight is 417 g/mol. The maximum Gasteiger partial charge on any atom is 0.165 e. The summed E-state index contributed by atoms with van der Waals surface area (Å²) in [6.07, 6.45) is 6.45. The fourth-order valence-electron chi connectivity index (χ4n) is 5.05. The summed E-state index contributed by atoms with van der Waals surface area (Å²) < 4.78 is 19.5. The molecule has 0 bridgehead atoms. The first-order valence-electron chi connectivity index (χ1n) is 11.7. The van der Waals surface area contributed by atoms with Crippen molar-refractivity contribution in [2.75, 3.05) is 6.61 Å². The van der Waals surface area contributed by atoms with Crippen LogP contribution >= 0.6 is 0 Å². The highest BCUT2D eigenvalue weighted by molar-refractivity contribution is 5.64. The summed E-state index contributed by atoms with van der Waals surface area (Å²) in [5.74, 6) is 2.14. The summed E-state index contributed by atoms with van der Waals surface area (Å²) in [5.41, 5.74) is 4.83. The van der Waals surface area contributed by atoms with Crippen molar-refractivity contribution in [2.24, 2.45) is 5.92 Å². The topological polar surface area (TPSA) is 9.23 Å². The van der Waals surface area contributed by atoms with Gasteiger partial charge in [0.15, 0.2) is 11.6 Å². The van der Waals surface area contributed by atoms with Crippen molar-refractivity contribution in [2.45, 2.75) is 57.8 Å². The first-order chi connectivity index (χ1) is 15.1. The Kier molecular flexibility index (Phi) is 7.06. The number of hydrogen-bond donors (Lipinski definition) is 0. The highest BCUT2D eigenvalue weighted by Crippen LogP contribution is 2.40. The zero-order valence-electron chi connectivity index (χ0n) is 18.7. The smallest absolute Gasteiger partial charge is 0.165 e. The van der Waals surface area contributed by atoms with Gasteiger partial charge in [-0.15, -0.1) is 0 Å². The summed E-state index contributed by atoms with van der Waals surface area (Å²) in [4.78, 5) is 0. The highest BCUT2D eigenvalue weighted by Gasteiger charge is 2.24. The fraction of sp³-hybridized carbons (Fsp3) is 0.379. The molecule has 1 unspecified atom stereocenters. The minimum atomic E-state index is -0.300. The molecule has 0 N–H and O–H groups in total. The van der Waals surface area contributed by atoms with Crippen LogP contribution in [0.25, 0.3) is 11.1 Å². The summed E-state index contributed by atoms with van der Waals surface area (Å²) >= 11 is 0. The number of hydrogen-bond acceptors (Lipinski definition) is 1. The van der Waals surface area contributed by atoms with Crippen molar-refractivity contribution >= 4 is 0 Å². The van der Waals surface area contributed by atoms with Crippen LogP contribution in [0.5, 0.6) is 5.75 Å². The Morgan fingerprint density at radius 3 is 2.19 bits per heavy atom. The third-order valence-corrected chi connectivity index (χ3v) is 6.85. The molecule has 4 rings (SSSR count). The van der Waals surface area contributed by atoms with Crippen molar-refractivity contribution in [3.8, 4) is 16.9 Å². The molecule has 1 aliphatic carbocycles. The monoisotopic (exact) mass is 416 g/mol. The lowest BCUT2D eigenvalue weighted by molar-refractivity contribution is 0.297. The minimum Gasteiger partial charge on any atom is -0.491 e. The summed E-state index contributed by atoms with van der Waals surface area (Å²) in [6.45, 7) is 4.70. The molecule has 0 aromatic heterocycles. The lowest BCUT2D eigenvalue weighted by Gasteiger charge is -2.30. The standard InChI is InChI=1S/C29H33FO/c1-3-31-29-18-17-27(20-28(29)30)26-15-13-25(14-16-26)24-11-9-22(10-12-24)19-21(2)23-7-5-4-6-8-23/h4-8,13-18,20-22,24H,3,9-12,19H2,1-2H3. The molecule has 31 heavy (non-hydrogen) atoms. The van der Waals surface area contributed by atoms with Crippen LogP contribution < -0.4 is 4.74 Å². The largest absolute Gasteiger partial charge is 0.491 e. The molecule has 1 nitrogen and oxygen atoms in total. The fourth-order valence-corrected chi connectivity index (χ4v) is 5.05. The Bertz CT molecular complexity index is 956. The lowest BCUT2D eigenvalue weighted by Crippen LogP contribution is -2.15. The Labute approximate surface area is 186 Å². The molecule has 3 aromatic rings. The van der Waals surface area contributed by atoms with Crippen LogP contribution in [-0.4, -0.2) is 6.61 Å². The number of rotatable bonds is 7. The van der Waals surface area contributed by atoms with E-state index < -0.39 is 0 Å². The summed E-state index contributed by atoms with van der Waals surface area (Å²) in [5, 5.41) is 0. The van der Waals surface area contributed by atoms with Crippen molar-refractivity contribution in [3.05, 3.63) is 89.7 Å². The zero-order chi connectivity index (χ0) is 21.6. The van der Waals surface area contributed by atoms with Crippen molar-refractivity contribution in [3.63, 3.8) is 0 Å². The summed E-state index contributed by atoms with van der Waals surface area (Å²) in [6, 6.07) is 24.9. The van der Waals surface area contributed by atoms with Crippen LogP contribution in [0.15, 0.2) is 72.8 Å². The molecule has 2 heteroatoms. The maximum absolute atomic E-state index is 14.2. The first kappa shape index (κ1) is 21.6. The molecular formula is C29H33FO. The van der Waals surface area contributed by atoms with E-state index in [4.69, 9.17) is 4.74 Å². The first-order valence-corrected chi connectivity index (χ1v) is 11.7. The van der Waals surface area contributed by atoms with E-state index in [0.29, 0.717) is 24.2 Å². The quantitative estimate of drug-likeness (QED) is 0.376.